The predicted octanol–water partition coefficient (Wildman–Crippen LogP) is 1.97. The number of hydrogen-bond donors (Lipinski definition) is 1. The highest BCUT2D eigenvalue weighted by molar-refractivity contribution is 6.08. The first kappa shape index (κ1) is 21.3. The maximum atomic E-state index is 13.4. The van der Waals surface area contributed by atoms with E-state index in [0.29, 0.717) is 37.6 Å². The molecule has 7 heteroatoms. The second-order valence-corrected chi connectivity index (χ2v) is 9.26. The van der Waals surface area contributed by atoms with Gasteiger partial charge in [0.15, 0.2) is 0 Å². The van der Waals surface area contributed by atoms with Gasteiger partial charge in [0.25, 0.3) is 0 Å². The van der Waals surface area contributed by atoms with Crippen molar-refractivity contribution in [2.24, 2.45) is 35.3 Å². The molecule has 4 rings (SSSR count). The van der Waals surface area contributed by atoms with Crippen LogP contribution in [0.3, 0.4) is 0 Å². The Balaban J connectivity index is 0.00000225. The highest BCUT2D eigenvalue weighted by Gasteiger charge is 2.53. The normalized spacial score (nSPS) is 35.2. The van der Waals surface area contributed by atoms with Gasteiger partial charge in [0, 0.05) is 19.1 Å². The number of halogens is 1. The first-order valence-corrected chi connectivity index (χ1v) is 10.4. The van der Waals surface area contributed by atoms with E-state index in [1.54, 1.807) is 0 Å². The molecule has 4 aliphatic rings. The third-order valence-electron chi connectivity index (χ3n) is 7.06. The molecule has 1 saturated carbocycles. The number of hydrogen-bond acceptors (Lipinski definition) is 4. The summed E-state index contributed by atoms with van der Waals surface area (Å²) in [5.41, 5.74) is 6.22. The molecule has 3 fully saturated rings. The zero-order valence-corrected chi connectivity index (χ0v) is 17.6. The molecule has 6 nitrogen and oxygen atoms in total. The van der Waals surface area contributed by atoms with E-state index in [9.17, 15) is 14.4 Å². The van der Waals surface area contributed by atoms with Crippen LogP contribution in [0.15, 0.2) is 12.2 Å². The molecule has 0 spiro atoms. The van der Waals surface area contributed by atoms with Crippen LogP contribution in [0.1, 0.15) is 46.0 Å². The quantitative estimate of drug-likeness (QED) is 0.568. The molecule has 156 valence electrons. The molecule has 0 aromatic rings. The first-order valence-electron chi connectivity index (χ1n) is 10.4. The summed E-state index contributed by atoms with van der Waals surface area (Å²) in [7, 11) is 0. The van der Waals surface area contributed by atoms with Crippen molar-refractivity contribution in [3.8, 4) is 0 Å². The van der Waals surface area contributed by atoms with Gasteiger partial charge in [-0.05, 0) is 49.9 Å². The van der Waals surface area contributed by atoms with Gasteiger partial charge in [-0.3, -0.25) is 19.3 Å². The number of allylic oxidation sites excluding steroid dienone is 2. The maximum absolute atomic E-state index is 13.4. The summed E-state index contributed by atoms with van der Waals surface area (Å²) in [5.74, 6) is 0.149. The van der Waals surface area contributed by atoms with E-state index < -0.39 is 6.04 Å². The van der Waals surface area contributed by atoms with Gasteiger partial charge in [-0.15, -0.1) is 12.4 Å². The topological polar surface area (TPSA) is 83.7 Å². The van der Waals surface area contributed by atoms with Crippen molar-refractivity contribution in [1.29, 1.82) is 0 Å². The lowest BCUT2D eigenvalue weighted by Crippen LogP contribution is -2.51. The Morgan fingerprint density at radius 2 is 1.71 bits per heavy atom. The zero-order chi connectivity index (χ0) is 19.3. The summed E-state index contributed by atoms with van der Waals surface area (Å²) in [6.45, 7) is 5.46. The van der Waals surface area contributed by atoms with Gasteiger partial charge < -0.3 is 10.6 Å². The number of rotatable bonds is 4. The van der Waals surface area contributed by atoms with E-state index in [1.807, 2.05) is 30.9 Å². The fraction of sp³-hybridized carbons (Fsp3) is 0.762. The average Bonchev–Trinajstić information content (AvgIpc) is 3.28. The predicted molar refractivity (Wildman–Crippen MR) is 108 cm³/mol. The van der Waals surface area contributed by atoms with E-state index in [1.165, 1.54) is 4.90 Å². The fourth-order valence-electron chi connectivity index (χ4n) is 5.59. The lowest BCUT2D eigenvalue weighted by atomic mass is 9.85. The van der Waals surface area contributed by atoms with Crippen LogP contribution in [0, 0.1) is 29.6 Å². The largest absolute Gasteiger partial charge is 0.340 e. The van der Waals surface area contributed by atoms with Crippen molar-refractivity contribution < 1.29 is 14.4 Å². The molecule has 3 amide bonds. The van der Waals surface area contributed by atoms with Gasteiger partial charge in [0.05, 0.1) is 11.8 Å². The van der Waals surface area contributed by atoms with Crippen LogP contribution in [0.25, 0.3) is 0 Å². The molecule has 2 aliphatic heterocycles. The number of nitrogens with two attached hydrogens (primary N) is 1. The standard InChI is InChI=1S/C21H31N3O3.ClH/c1-12(2)9-18(21(27)23-10-13-7-8-17(22)16(13)11-23)24-19(25)14-5-3-4-6-15(14)20(24)26;/h3-4,12-18H,5-11,22H2,1-2H3;1H. The molecule has 2 aliphatic carbocycles. The summed E-state index contributed by atoms with van der Waals surface area (Å²) < 4.78 is 0. The third kappa shape index (κ3) is 3.50. The van der Waals surface area contributed by atoms with Gasteiger partial charge in [0.2, 0.25) is 17.7 Å². The Hall–Kier alpha value is -1.40. The van der Waals surface area contributed by atoms with Gasteiger partial charge in [-0.1, -0.05) is 26.0 Å². The molecule has 2 N–H and O–H groups in total. The molecule has 6 unspecified atom stereocenters. The number of nitrogens with zero attached hydrogens (tertiary/aromatic N) is 2. The zero-order valence-electron chi connectivity index (χ0n) is 16.8. The van der Waals surface area contributed by atoms with Gasteiger partial charge >= 0.3 is 0 Å². The molecular weight excluding hydrogens is 378 g/mol. The summed E-state index contributed by atoms with van der Waals surface area (Å²) in [5, 5.41) is 0. The van der Waals surface area contributed by atoms with Crippen LogP contribution in [0.4, 0.5) is 0 Å². The molecule has 0 aromatic heterocycles. The van der Waals surface area contributed by atoms with Gasteiger partial charge in [0.1, 0.15) is 6.04 Å². The van der Waals surface area contributed by atoms with Crippen molar-refractivity contribution in [1.82, 2.24) is 9.80 Å². The monoisotopic (exact) mass is 409 g/mol. The minimum absolute atomic E-state index is 0. The van der Waals surface area contributed by atoms with Crippen molar-refractivity contribution in [3.63, 3.8) is 0 Å². The van der Waals surface area contributed by atoms with E-state index in [4.69, 9.17) is 5.73 Å². The lowest BCUT2D eigenvalue weighted by Gasteiger charge is -2.31. The number of fused-ring (bicyclic) bond motifs is 2. The summed E-state index contributed by atoms with van der Waals surface area (Å²) in [6, 6.07) is -0.494. The second-order valence-electron chi connectivity index (χ2n) is 9.26. The molecule has 2 saturated heterocycles. The molecule has 28 heavy (non-hydrogen) atoms. The number of likely N-dealkylation sites (tertiary alicyclic amines) is 2. The lowest BCUT2D eigenvalue weighted by molar-refractivity contribution is -0.152. The van der Waals surface area contributed by atoms with Crippen LogP contribution < -0.4 is 5.73 Å². The Morgan fingerprint density at radius 1 is 1.11 bits per heavy atom. The van der Waals surface area contributed by atoms with Gasteiger partial charge in [-0.2, -0.15) is 0 Å². The molecule has 0 aromatic carbocycles. The SMILES string of the molecule is CC(C)CC(C(=O)N1CC2CCC(N)C2C1)N1C(=O)C2CC=CCC2C1=O.Cl. The van der Waals surface area contributed by atoms with E-state index in [-0.39, 0.29) is 53.9 Å². The van der Waals surface area contributed by atoms with Crippen LogP contribution in [0.2, 0.25) is 0 Å². The Kier molecular flexibility index (Phi) is 6.20. The minimum Gasteiger partial charge on any atom is -0.340 e. The average molecular weight is 410 g/mol. The van der Waals surface area contributed by atoms with Crippen molar-refractivity contribution in [3.05, 3.63) is 12.2 Å². The summed E-state index contributed by atoms with van der Waals surface area (Å²) in [6.07, 6.45) is 7.82. The van der Waals surface area contributed by atoms with E-state index in [0.717, 1.165) is 19.4 Å². The minimum atomic E-state index is -0.661. The number of carbonyl (C=O) groups is 3. The number of imide groups is 1. The highest BCUT2D eigenvalue weighted by atomic mass is 35.5. The van der Waals surface area contributed by atoms with Crippen molar-refractivity contribution >= 4 is 30.1 Å². The second kappa shape index (κ2) is 8.15. The van der Waals surface area contributed by atoms with Crippen molar-refractivity contribution in [2.45, 2.75) is 58.0 Å². The molecule has 0 radical (unpaired) electrons. The smallest absolute Gasteiger partial charge is 0.245 e. The van der Waals surface area contributed by atoms with Gasteiger partial charge in [-0.25, -0.2) is 0 Å². The summed E-state index contributed by atoms with van der Waals surface area (Å²) >= 11 is 0. The van der Waals surface area contributed by atoms with Crippen LogP contribution in [-0.4, -0.2) is 52.7 Å². The van der Waals surface area contributed by atoms with Crippen molar-refractivity contribution in [2.75, 3.05) is 13.1 Å². The van der Waals surface area contributed by atoms with Crippen LogP contribution in [-0.2, 0) is 14.4 Å². The summed E-state index contributed by atoms with van der Waals surface area (Å²) in [4.78, 5) is 42.7. The van der Waals surface area contributed by atoms with Crippen LogP contribution in [0.5, 0.6) is 0 Å². The highest BCUT2D eigenvalue weighted by Crippen LogP contribution is 2.40. The van der Waals surface area contributed by atoms with E-state index in [2.05, 4.69) is 0 Å². The molecule has 2 heterocycles. The molecule has 6 atom stereocenters. The van der Waals surface area contributed by atoms with E-state index >= 15 is 0 Å². The first-order chi connectivity index (χ1) is 12.9. The maximum Gasteiger partial charge on any atom is 0.245 e. The Bertz CT molecular complexity index is 654. The number of amides is 3. The fourth-order valence-corrected chi connectivity index (χ4v) is 5.59. The Labute approximate surface area is 173 Å². The molecular formula is C21H32ClN3O3. The Morgan fingerprint density at radius 3 is 2.25 bits per heavy atom. The van der Waals surface area contributed by atoms with Crippen LogP contribution >= 0.6 is 12.4 Å². The number of carbonyl (C=O) groups excluding carboxylic acids is 3. The third-order valence-corrected chi connectivity index (χ3v) is 7.06. The molecule has 0 bridgehead atoms.